The second-order valence-corrected chi connectivity index (χ2v) is 7.48. The Hall–Kier alpha value is -3.06. The first kappa shape index (κ1) is 19.7. The number of nitrogens with one attached hydrogen (secondary N) is 2. The van der Waals surface area contributed by atoms with Gasteiger partial charge in [-0.3, -0.25) is 14.6 Å². The van der Waals surface area contributed by atoms with E-state index in [0.717, 1.165) is 17.1 Å². The first-order valence-corrected chi connectivity index (χ1v) is 9.78. The standard InChI is InChI=1S/C21H22N4O2S/c1-13(2)16-9-7-15(8-10-16)12-23-21(27)20-19(24-14(3)26)18(25-28-20)17-6-4-5-11-22-17/h4-11,13H,12H2,1-3H3,(H,23,27)(H,24,26). The lowest BCUT2D eigenvalue weighted by atomic mass is 10.0. The van der Waals surface area contributed by atoms with Crippen molar-refractivity contribution >= 4 is 29.0 Å². The molecule has 0 bridgehead atoms. The number of benzene rings is 1. The lowest BCUT2D eigenvalue weighted by molar-refractivity contribution is -0.114. The fourth-order valence-electron chi connectivity index (χ4n) is 2.70. The molecular formula is C21H22N4O2S. The summed E-state index contributed by atoms with van der Waals surface area (Å²) in [4.78, 5) is 29.0. The molecule has 0 aliphatic heterocycles. The van der Waals surface area contributed by atoms with Crippen LogP contribution in [-0.2, 0) is 11.3 Å². The van der Waals surface area contributed by atoms with Crippen molar-refractivity contribution in [2.24, 2.45) is 0 Å². The summed E-state index contributed by atoms with van der Waals surface area (Å²) in [5, 5.41) is 5.63. The Labute approximate surface area is 168 Å². The van der Waals surface area contributed by atoms with E-state index >= 15 is 0 Å². The number of amides is 2. The highest BCUT2D eigenvalue weighted by Gasteiger charge is 2.22. The highest BCUT2D eigenvalue weighted by Crippen LogP contribution is 2.32. The van der Waals surface area contributed by atoms with E-state index in [2.05, 4.69) is 46.0 Å². The second kappa shape index (κ2) is 8.75. The molecule has 2 aromatic heterocycles. The van der Waals surface area contributed by atoms with Crippen molar-refractivity contribution in [1.29, 1.82) is 0 Å². The third-order valence-electron chi connectivity index (χ3n) is 4.21. The van der Waals surface area contributed by atoms with Crippen molar-refractivity contribution in [2.45, 2.75) is 33.2 Å². The van der Waals surface area contributed by atoms with Crippen LogP contribution in [0, 0.1) is 0 Å². The largest absolute Gasteiger partial charge is 0.347 e. The van der Waals surface area contributed by atoms with E-state index in [4.69, 9.17) is 0 Å². The van der Waals surface area contributed by atoms with Gasteiger partial charge in [0.2, 0.25) is 5.91 Å². The Balaban J connectivity index is 1.79. The average Bonchev–Trinajstić information content (AvgIpc) is 3.10. The summed E-state index contributed by atoms with van der Waals surface area (Å²) < 4.78 is 4.35. The predicted octanol–water partition coefficient (Wildman–Crippen LogP) is 4.22. The van der Waals surface area contributed by atoms with Gasteiger partial charge in [0.15, 0.2) is 0 Å². The van der Waals surface area contributed by atoms with E-state index in [0.29, 0.717) is 34.4 Å². The van der Waals surface area contributed by atoms with Gasteiger partial charge in [-0.2, -0.15) is 4.37 Å². The summed E-state index contributed by atoms with van der Waals surface area (Å²) in [6.45, 7) is 6.08. The van der Waals surface area contributed by atoms with Crippen molar-refractivity contribution in [2.75, 3.05) is 5.32 Å². The fraction of sp³-hybridized carbons (Fsp3) is 0.238. The number of carbonyl (C=O) groups is 2. The summed E-state index contributed by atoms with van der Waals surface area (Å²) >= 11 is 1.05. The number of nitrogens with zero attached hydrogens (tertiary/aromatic N) is 2. The highest BCUT2D eigenvalue weighted by molar-refractivity contribution is 7.09. The molecule has 0 atom stereocenters. The zero-order valence-corrected chi connectivity index (χ0v) is 16.8. The molecule has 0 saturated heterocycles. The van der Waals surface area contributed by atoms with Crippen LogP contribution in [-0.4, -0.2) is 21.2 Å². The molecule has 2 heterocycles. The minimum Gasteiger partial charge on any atom is -0.347 e. The van der Waals surface area contributed by atoms with Crippen molar-refractivity contribution in [3.8, 4) is 11.4 Å². The molecule has 144 valence electrons. The first-order chi connectivity index (χ1) is 13.5. The Morgan fingerprint density at radius 2 is 1.86 bits per heavy atom. The summed E-state index contributed by atoms with van der Waals surface area (Å²) in [5.74, 6) is -0.0851. The van der Waals surface area contributed by atoms with E-state index in [1.165, 1.54) is 12.5 Å². The van der Waals surface area contributed by atoms with E-state index in [-0.39, 0.29) is 11.8 Å². The molecular weight excluding hydrogens is 372 g/mol. The lowest BCUT2D eigenvalue weighted by Gasteiger charge is -2.09. The van der Waals surface area contributed by atoms with Gasteiger partial charge in [0.05, 0.1) is 11.4 Å². The molecule has 28 heavy (non-hydrogen) atoms. The quantitative estimate of drug-likeness (QED) is 0.656. The lowest BCUT2D eigenvalue weighted by Crippen LogP contribution is -2.23. The van der Waals surface area contributed by atoms with Crippen LogP contribution < -0.4 is 10.6 Å². The molecule has 3 rings (SSSR count). The fourth-order valence-corrected chi connectivity index (χ4v) is 3.46. The second-order valence-electron chi connectivity index (χ2n) is 6.71. The van der Waals surface area contributed by atoms with Crippen LogP contribution in [0.3, 0.4) is 0 Å². The normalized spacial score (nSPS) is 10.7. The Kier molecular flexibility index (Phi) is 6.16. The SMILES string of the molecule is CC(=O)Nc1c(-c2ccccn2)nsc1C(=O)NCc1ccc(C(C)C)cc1. The zero-order chi connectivity index (χ0) is 20.1. The van der Waals surface area contributed by atoms with E-state index in [9.17, 15) is 9.59 Å². The maximum absolute atomic E-state index is 12.7. The number of pyridine rings is 1. The predicted molar refractivity (Wildman–Crippen MR) is 111 cm³/mol. The van der Waals surface area contributed by atoms with Crippen LogP contribution in [0.2, 0.25) is 0 Å². The summed E-state index contributed by atoms with van der Waals surface area (Å²) in [7, 11) is 0. The minimum absolute atomic E-state index is 0.268. The highest BCUT2D eigenvalue weighted by atomic mass is 32.1. The topological polar surface area (TPSA) is 84.0 Å². The number of anilines is 1. The minimum atomic E-state index is -0.281. The van der Waals surface area contributed by atoms with Gasteiger partial charge in [-0.1, -0.05) is 44.2 Å². The van der Waals surface area contributed by atoms with Crippen LogP contribution in [0.4, 0.5) is 5.69 Å². The van der Waals surface area contributed by atoms with Gasteiger partial charge in [-0.05, 0) is 40.7 Å². The number of rotatable bonds is 6. The van der Waals surface area contributed by atoms with Crippen LogP contribution in [0.15, 0.2) is 48.7 Å². The third-order valence-corrected chi connectivity index (χ3v) is 5.05. The Bertz CT molecular complexity index is 966. The first-order valence-electron chi connectivity index (χ1n) is 9.01. The molecule has 0 radical (unpaired) electrons. The maximum atomic E-state index is 12.7. The van der Waals surface area contributed by atoms with Crippen molar-refractivity contribution in [3.05, 3.63) is 64.7 Å². The Morgan fingerprint density at radius 3 is 2.46 bits per heavy atom. The number of hydrogen-bond acceptors (Lipinski definition) is 5. The molecule has 6 nitrogen and oxygen atoms in total. The average molecular weight is 395 g/mol. The third kappa shape index (κ3) is 4.61. The van der Waals surface area contributed by atoms with Crippen molar-refractivity contribution in [3.63, 3.8) is 0 Å². The molecule has 1 aromatic carbocycles. The smallest absolute Gasteiger partial charge is 0.265 e. The monoisotopic (exact) mass is 394 g/mol. The molecule has 2 amide bonds. The zero-order valence-electron chi connectivity index (χ0n) is 16.0. The summed E-state index contributed by atoms with van der Waals surface area (Å²) in [6, 6.07) is 13.6. The van der Waals surface area contributed by atoms with Gasteiger partial charge in [-0.25, -0.2) is 0 Å². The van der Waals surface area contributed by atoms with Gasteiger partial charge < -0.3 is 10.6 Å². The number of carbonyl (C=O) groups excluding carboxylic acids is 2. The van der Waals surface area contributed by atoms with Crippen LogP contribution in [0.5, 0.6) is 0 Å². The van der Waals surface area contributed by atoms with E-state index in [1.807, 2.05) is 18.2 Å². The van der Waals surface area contributed by atoms with Gasteiger partial charge in [0.1, 0.15) is 10.6 Å². The number of hydrogen-bond donors (Lipinski definition) is 2. The van der Waals surface area contributed by atoms with Crippen LogP contribution in [0.25, 0.3) is 11.4 Å². The molecule has 0 aliphatic rings. The molecule has 0 aliphatic carbocycles. The van der Waals surface area contributed by atoms with Gasteiger partial charge in [0.25, 0.3) is 5.91 Å². The van der Waals surface area contributed by atoms with Crippen molar-refractivity contribution in [1.82, 2.24) is 14.7 Å². The van der Waals surface area contributed by atoms with Gasteiger partial charge in [0, 0.05) is 19.7 Å². The number of aromatic nitrogens is 2. The molecule has 0 saturated carbocycles. The summed E-state index contributed by atoms with van der Waals surface area (Å²) in [6.07, 6.45) is 1.65. The Morgan fingerprint density at radius 1 is 1.11 bits per heavy atom. The van der Waals surface area contributed by atoms with Crippen LogP contribution in [0.1, 0.15) is 47.5 Å². The van der Waals surface area contributed by atoms with Gasteiger partial charge >= 0.3 is 0 Å². The summed E-state index contributed by atoms with van der Waals surface area (Å²) in [5.41, 5.74) is 3.75. The molecule has 0 fully saturated rings. The van der Waals surface area contributed by atoms with E-state index in [1.54, 1.807) is 18.3 Å². The molecule has 2 N–H and O–H groups in total. The maximum Gasteiger partial charge on any atom is 0.265 e. The van der Waals surface area contributed by atoms with Gasteiger partial charge in [-0.15, -0.1) is 0 Å². The molecule has 7 heteroatoms. The molecule has 0 unspecified atom stereocenters. The van der Waals surface area contributed by atoms with E-state index < -0.39 is 0 Å². The molecule has 3 aromatic rings. The van der Waals surface area contributed by atoms with Crippen LogP contribution >= 0.6 is 11.5 Å². The molecule has 0 spiro atoms. The van der Waals surface area contributed by atoms with Crippen molar-refractivity contribution < 1.29 is 9.59 Å².